The van der Waals surface area contributed by atoms with Gasteiger partial charge in [0.1, 0.15) is 0 Å². The van der Waals surface area contributed by atoms with Crippen LogP contribution in [0.25, 0.3) is 0 Å². The highest BCUT2D eigenvalue weighted by Gasteiger charge is 2.05. The number of imidazole rings is 1. The predicted octanol–water partition coefficient (Wildman–Crippen LogP) is 2.13. The van der Waals surface area contributed by atoms with Crippen molar-refractivity contribution in [1.82, 2.24) is 9.55 Å². The number of nitrogens with one attached hydrogen (secondary N) is 1. The Balaban J connectivity index is 2.48. The molecule has 0 saturated carbocycles. The lowest BCUT2D eigenvalue weighted by Gasteiger charge is -2.14. The fourth-order valence-electron chi connectivity index (χ4n) is 1.54. The number of methoxy groups -OCH3 is 1. The molecule has 0 aromatic carbocycles. The molecule has 0 aliphatic rings. The molecule has 1 aromatic rings. The highest BCUT2D eigenvalue weighted by atomic mass is 16.5. The number of rotatable bonds is 7. The first-order chi connectivity index (χ1) is 7.27. The van der Waals surface area contributed by atoms with Crippen LogP contribution < -0.4 is 5.32 Å². The molecule has 1 atom stereocenters. The molecule has 0 aliphatic heterocycles. The van der Waals surface area contributed by atoms with Crippen molar-refractivity contribution in [3.8, 4) is 0 Å². The van der Waals surface area contributed by atoms with E-state index in [-0.39, 0.29) is 0 Å². The smallest absolute Gasteiger partial charge is 0.203 e. The summed E-state index contributed by atoms with van der Waals surface area (Å²) in [5.74, 6) is 0.938. The van der Waals surface area contributed by atoms with E-state index in [1.54, 1.807) is 7.11 Å². The second-order valence-electron chi connectivity index (χ2n) is 3.77. The molecule has 0 fully saturated rings. The average molecular weight is 211 g/mol. The van der Waals surface area contributed by atoms with E-state index in [1.807, 2.05) is 12.4 Å². The number of anilines is 1. The standard InChI is InChI=1S/C11H21N3O/c1-4-5-10(2)13-11-12-6-7-14(11)8-9-15-3/h6-7,10H,4-5,8-9H2,1-3H3,(H,12,13). The molecule has 0 bridgehead atoms. The lowest BCUT2D eigenvalue weighted by atomic mass is 10.2. The summed E-state index contributed by atoms with van der Waals surface area (Å²) in [6.07, 6.45) is 6.14. The van der Waals surface area contributed by atoms with Crippen LogP contribution in [0.1, 0.15) is 26.7 Å². The van der Waals surface area contributed by atoms with Gasteiger partial charge in [0.25, 0.3) is 0 Å². The zero-order valence-electron chi connectivity index (χ0n) is 9.86. The summed E-state index contributed by atoms with van der Waals surface area (Å²) in [5.41, 5.74) is 0. The SMILES string of the molecule is CCCC(C)Nc1nccn1CCOC. The Morgan fingerprint density at radius 2 is 2.40 bits per heavy atom. The van der Waals surface area contributed by atoms with Crippen LogP contribution in [-0.4, -0.2) is 29.3 Å². The van der Waals surface area contributed by atoms with E-state index >= 15 is 0 Å². The third-order valence-corrected chi connectivity index (χ3v) is 2.35. The van der Waals surface area contributed by atoms with Crippen LogP contribution in [0.15, 0.2) is 12.4 Å². The van der Waals surface area contributed by atoms with Gasteiger partial charge in [-0.2, -0.15) is 0 Å². The Morgan fingerprint density at radius 1 is 1.60 bits per heavy atom. The minimum absolute atomic E-state index is 0.471. The Morgan fingerprint density at radius 3 is 3.07 bits per heavy atom. The molecule has 1 unspecified atom stereocenters. The number of ether oxygens (including phenoxy) is 1. The number of nitrogens with zero attached hydrogens (tertiary/aromatic N) is 2. The van der Waals surface area contributed by atoms with Gasteiger partial charge < -0.3 is 14.6 Å². The van der Waals surface area contributed by atoms with E-state index in [0.717, 1.165) is 18.9 Å². The average Bonchev–Trinajstić information content (AvgIpc) is 2.63. The summed E-state index contributed by atoms with van der Waals surface area (Å²) in [7, 11) is 1.71. The predicted molar refractivity (Wildman–Crippen MR) is 62.1 cm³/mol. The molecule has 4 heteroatoms. The van der Waals surface area contributed by atoms with Crippen LogP contribution in [0.5, 0.6) is 0 Å². The lowest BCUT2D eigenvalue weighted by Crippen LogP contribution is -2.18. The second-order valence-corrected chi connectivity index (χ2v) is 3.77. The third-order valence-electron chi connectivity index (χ3n) is 2.35. The molecule has 1 aromatic heterocycles. The molecule has 1 rings (SSSR count). The Kier molecular flexibility index (Phi) is 5.18. The molecule has 1 heterocycles. The van der Waals surface area contributed by atoms with E-state index in [4.69, 9.17) is 4.74 Å². The van der Waals surface area contributed by atoms with Crippen LogP contribution in [0.2, 0.25) is 0 Å². The Labute approximate surface area is 91.7 Å². The minimum Gasteiger partial charge on any atom is -0.383 e. The molecular formula is C11H21N3O. The van der Waals surface area contributed by atoms with Gasteiger partial charge in [0.2, 0.25) is 5.95 Å². The molecule has 0 saturated heterocycles. The molecule has 0 amide bonds. The van der Waals surface area contributed by atoms with Crippen LogP contribution in [0.3, 0.4) is 0 Å². The monoisotopic (exact) mass is 211 g/mol. The lowest BCUT2D eigenvalue weighted by molar-refractivity contribution is 0.187. The van der Waals surface area contributed by atoms with Gasteiger partial charge in [0, 0.05) is 32.1 Å². The summed E-state index contributed by atoms with van der Waals surface area (Å²) in [4.78, 5) is 4.29. The molecule has 0 radical (unpaired) electrons. The number of hydrogen-bond acceptors (Lipinski definition) is 3. The van der Waals surface area contributed by atoms with Crippen molar-refractivity contribution < 1.29 is 4.74 Å². The van der Waals surface area contributed by atoms with Gasteiger partial charge in [-0.05, 0) is 13.3 Å². The summed E-state index contributed by atoms with van der Waals surface area (Å²) in [6.45, 7) is 5.93. The maximum Gasteiger partial charge on any atom is 0.203 e. The molecule has 15 heavy (non-hydrogen) atoms. The van der Waals surface area contributed by atoms with Gasteiger partial charge >= 0.3 is 0 Å². The molecule has 0 aliphatic carbocycles. The third kappa shape index (κ3) is 3.91. The van der Waals surface area contributed by atoms with E-state index in [2.05, 4.69) is 28.7 Å². The highest BCUT2D eigenvalue weighted by Crippen LogP contribution is 2.08. The van der Waals surface area contributed by atoms with Gasteiger partial charge in [0.05, 0.1) is 6.61 Å². The Bertz CT molecular complexity index is 273. The van der Waals surface area contributed by atoms with Crippen molar-refractivity contribution in [2.75, 3.05) is 19.0 Å². The van der Waals surface area contributed by atoms with Crippen molar-refractivity contribution in [2.45, 2.75) is 39.3 Å². The van der Waals surface area contributed by atoms with E-state index in [0.29, 0.717) is 12.6 Å². The zero-order valence-corrected chi connectivity index (χ0v) is 9.86. The van der Waals surface area contributed by atoms with Crippen molar-refractivity contribution >= 4 is 5.95 Å². The van der Waals surface area contributed by atoms with Crippen LogP contribution >= 0.6 is 0 Å². The maximum atomic E-state index is 5.05. The van der Waals surface area contributed by atoms with E-state index in [9.17, 15) is 0 Å². The molecule has 1 N–H and O–H groups in total. The van der Waals surface area contributed by atoms with Gasteiger partial charge in [-0.3, -0.25) is 0 Å². The number of aromatic nitrogens is 2. The van der Waals surface area contributed by atoms with Crippen molar-refractivity contribution in [3.05, 3.63) is 12.4 Å². The molecule has 0 spiro atoms. The molecular weight excluding hydrogens is 190 g/mol. The van der Waals surface area contributed by atoms with Crippen molar-refractivity contribution in [1.29, 1.82) is 0 Å². The van der Waals surface area contributed by atoms with Gasteiger partial charge in [-0.25, -0.2) is 4.98 Å². The second kappa shape index (κ2) is 6.45. The Hall–Kier alpha value is -1.03. The summed E-state index contributed by atoms with van der Waals surface area (Å²) >= 11 is 0. The molecule has 4 nitrogen and oxygen atoms in total. The van der Waals surface area contributed by atoms with Gasteiger partial charge in [-0.1, -0.05) is 13.3 Å². The first-order valence-electron chi connectivity index (χ1n) is 5.54. The highest BCUT2D eigenvalue weighted by molar-refractivity contribution is 5.27. The number of hydrogen-bond donors (Lipinski definition) is 1. The zero-order chi connectivity index (χ0) is 11.1. The summed E-state index contributed by atoms with van der Waals surface area (Å²) < 4.78 is 7.13. The van der Waals surface area contributed by atoms with Crippen molar-refractivity contribution in [2.24, 2.45) is 0 Å². The van der Waals surface area contributed by atoms with E-state index < -0.39 is 0 Å². The summed E-state index contributed by atoms with van der Waals surface area (Å²) in [6, 6.07) is 0.471. The fraction of sp³-hybridized carbons (Fsp3) is 0.727. The van der Waals surface area contributed by atoms with Crippen LogP contribution in [0.4, 0.5) is 5.95 Å². The largest absolute Gasteiger partial charge is 0.383 e. The van der Waals surface area contributed by atoms with Gasteiger partial charge in [0.15, 0.2) is 0 Å². The van der Waals surface area contributed by atoms with E-state index in [1.165, 1.54) is 6.42 Å². The quantitative estimate of drug-likeness (QED) is 0.751. The first kappa shape index (κ1) is 12.0. The van der Waals surface area contributed by atoms with Gasteiger partial charge in [-0.15, -0.1) is 0 Å². The minimum atomic E-state index is 0.471. The fourth-order valence-corrected chi connectivity index (χ4v) is 1.54. The topological polar surface area (TPSA) is 39.1 Å². The van der Waals surface area contributed by atoms with Crippen LogP contribution in [0, 0.1) is 0 Å². The van der Waals surface area contributed by atoms with Crippen molar-refractivity contribution in [3.63, 3.8) is 0 Å². The first-order valence-corrected chi connectivity index (χ1v) is 5.54. The van der Waals surface area contributed by atoms with Crippen LogP contribution in [-0.2, 0) is 11.3 Å². The molecule has 86 valence electrons. The summed E-state index contributed by atoms with van der Waals surface area (Å²) in [5, 5.41) is 3.40. The normalized spacial score (nSPS) is 12.7. The maximum absolute atomic E-state index is 5.05.